The van der Waals surface area contributed by atoms with Gasteiger partial charge in [0.25, 0.3) is 0 Å². The maximum atomic E-state index is 15.1. The topological polar surface area (TPSA) is 129 Å². The van der Waals surface area contributed by atoms with Crippen molar-refractivity contribution in [2.45, 2.75) is 76.4 Å². The minimum atomic E-state index is -1.06. The first kappa shape index (κ1) is 32.3. The van der Waals surface area contributed by atoms with E-state index in [1.807, 2.05) is 48.0 Å². The molecule has 2 fully saturated rings. The van der Waals surface area contributed by atoms with Crippen molar-refractivity contribution in [1.29, 1.82) is 0 Å². The molecule has 11 heteroatoms. The molecular formula is C36H41FN6O4. The molecule has 2 aliphatic heterocycles. The number of piperidine rings is 2. The number of amides is 3. The van der Waals surface area contributed by atoms with Crippen molar-refractivity contribution in [2.24, 2.45) is 0 Å². The van der Waals surface area contributed by atoms with E-state index >= 15 is 4.39 Å². The first-order chi connectivity index (χ1) is 22.7. The van der Waals surface area contributed by atoms with E-state index in [9.17, 15) is 14.4 Å². The van der Waals surface area contributed by atoms with E-state index in [1.54, 1.807) is 0 Å². The number of halogens is 1. The number of aryl methyl sites for hydroxylation is 2. The molecule has 10 nitrogen and oxygen atoms in total. The highest BCUT2D eigenvalue weighted by atomic mass is 19.1. The molecule has 3 amide bonds. The zero-order valence-corrected chi connectivity index (χ0v) is 26.6. The minimum absolute atomic E-state index is 0.199. The highest BCUT2D eigenvalue weighted by molar-refractivity contribution is 6.00. The Kier molecular flexibility index (Phi) is 9.91. The molecule has 246 valence electrons. The number of likely N-dealkylation sites (tertiary alicyclic amines) is 1. The summed E-state index contributed by atoms with van der Waals surface area (Å²) in [5, 5.41) is 18.1. The summed E-state index contributed by atoms with van der Waals surface area (Å²) in [5.41, 5.74) is 7.77. The van der Waals surface area contributed by atoms with E-state index in [2.05, 4.69) is 43.8 Å². The number of carbonyl (C=O) groups is 3. The van der Waals surface area contributed by atoms with Crippen molar-refractivity contribution in [2.75, 3.05) is 19.6 Å². The number of rotatable bonds is 11. The highest BCUT2D eigenvalue weighted by Gasteiger charge is 2.28. The molecule has 2 aromatic heterocycles. The van der Waals surface area contributed by atoms with Crippen molar-refractivity contribution < 1.29 is 23.9 Å². The number of benzene rings is 2. The largest absolute Gasteiger partial charge is 0.465 e. The molecule has 2 aromatic carbocycles. The summed E-state index contributed by atoms with van der Waals surface area (Å²) in [6, 6.07) is 16.2. The third-order valence-corrected chi connectivity index (χ3v) is 9.58. The van der Waals surface area contributed by atoms with Gasteiger partial charge in [-0.15, -0.1) is 0 Å². The molecule has 3 N–H and O–H groups in total. The van der Waals surface area contributed by atoms with Crippen LogP contribution in [0.1, 0.15) is 78.2 Å². The van der Waals surface area contributed by atoms with Gasteiger partial charge in [-0.25, -0.2) is 18.7 Å². The first-order valence-corrected chi connectivity index (χ1v) is 16.4. The molecule has 6 rings (SSSR count). The van der Waals surface area contributed by atoms with Gasteiger partial charge in [0.2, 0.25) is 11.8 Å². The number of nitrogens with one attached hydrogen (secondary N) is 2. The Morgan fingerprint density at radius 3 is 2.57 bits per heavy atom. The zero-order chi connectivity index (χ0) is 32.9. The standard InChI is InChI=1S/C36H41FN6O4/c1-23-17-28(9-10-29(23)19-38-36(46)47)34-32-18-24(20-43(32)40-22-39-34)3-2-4-30(37)21-42-15-13-26(14-16-42)25-5-7-27(8-6-25)31-11-12-33(44)41-35(31)45/h5-10,17-18,20,22,26,30-31,38H,2-4,11-16,19,21H2,1H3,(H,46,47)(H,41,44,45)/t30-,31?/m0/s1. The van der Waals surface area contributed by atoms with Gasteiger partial charge in [-0.1, -0.05) is 36.4 Å². The van der Waals surface area contributed by atoms with Crippen molar-refractivity contribution >= 4 is 23.4 Å². The second kappa shape index (κ2) is 14.4. The van der Waals surface area contributed by atoms with Crippen LogP contribution in [0.5, 0.6) is 0 Å². The summed E-state index contributed by atoms with van der Waals surface area (Å²) in [7, 11) is 0. The molecule has 0 bridgehead atoms. The second-order valence-electron chi connectivity index (χ2n) is 12.8. The summed E-state index contributed by atoms with van der Waals surface area (Å²) in [4.78, 5) is 41.3. The third-order valence-electron chi connectivity index (χ3n) is 9.58. The fourth-order valence-electron chi connectivity index (χ4n) is 6.91. The average Bonchev–Trinajstić information content (AvgIpc) is 3.48. The van der Waals surface area contributed by atoms with Crippen LogP contribution in [0.4, 0.5) is 9.18 Å². The van der Waals surface area contributed by atoms with E-state index in [-0.39, 0.29) is 24.3 Å². The van der Waals surface area contributed by atoms with Crippen LogP contribution in [0.3, 0.4) is 0 Å². The minimum Gasteiger partial charge on any atom is -0.465 e. The molecule has 1 unspecified atom stereocenters. The summed E-state index contributed by atoms with van der Waals surface area (Å²) >= 11 is 0. The lowest BCUT2D eigenvalue weighted by Crippen LogP contribution is -2.39. The van der Waals surface area contributed by atoms with Crippen LogP contribution < -0.4 is 10.6 Å². The lowest BCUT2D eigenvalue weighted by molar-refractivity contribution is -0.134. The molecule has 0 spiro atoms. The number of hydrogen-bond donors (Lipinski definition) is 3. The summed E-state index contributed by atoms with van der Waals surface area (Å²) < 4.78 is 16.9. The Bertz CT molecular complexity index is 1750. The molecule has 0 radical (unpaired) electrons. The molecule has 2 saturated heterocycles. The Morgan fingerprint density at radius 2 is 1.85 bits per heavy atom. The van der Waals surface area contributed by atoms with Crippen LogP contribution in [-0.4, -0.2) is 68.3 Å². The monoisotopic (exact) mass is 640 g/mol. The number of aromatic nitrogens is 3. The quantitative estimate of drug-likeness (QED) is 0.184. The third kappa shape index (κ3) is 7.85. The number of alkyl halides is 1. The van der Waals surface area contributed by atoms with Crippen LogP contribution >= 0.6 is 0 Å². The summed E-state index contributed by atoms with van der Waals surface area (Å²) in [5.74, 6) is -0.252. The van der Waals surface area contributed by atoms with Gasteiger partial charge in [-0.05, 0) is 104 Å². The van der Waals surface area contributed by atoms with Gasteiger partial charge >= 0.3 is 6.09 Å². The molecule has 0 aliphatic carbocycles. The van der Waals surface area contributed by atoms with E-state index in [1.165, 1.54) is 11.9 Å². The SMILES string of the molecule is Cc1cc(-c2ncnn3cc(CCC[C@H](F)CN4CCC(c5ccc(C6CCC(=O)NC6=O)cc5)CC4)cc23)ccc1CNC(=O)O. The van der Waals surface area contributed by atoms with Gasteiger partial charge in [0.05, 0.1) is 17.1 Å². The van der Waals surface area contributed by atoms with E-state index in [0.29, 0.717) is 31.7 Å². The summed E-state index contributed by atoms with van der Waals surface area (Å²) in [6.07, 6.45) is 6.44. The number of nitrogens with zero attached hydrogens (tertiary/aromatic N) is 4. The van der Waals surface area contributed by atoms with Crippen LogP contribution in [0.25, 0.3) is 16.8 Å². The first-order valence-electron chi connectivity index (χ1n) is 16.4. The van der Waals surface area contributed by atoms with Crippen molar-refractivity contribution in [3.8, 4) is 11.3 Å². The van der Waals surface area contributed by atoms with E-state index < -0.39 is 12.3 Å². The van der Waals surface area contributed by atoms with Crippen LogP contribution in [0.15, 0.2) is 61.1 Å². The predicted molar refractivity (Wildman–Crippen MR) is 176 cm³/mol. The lowest BCUT2D eigenvalue weighted by atomic mass is 9.86. The Labute approximate surface area is 273 Å². The molecule has 47 heavy (non-hydrogen) atoms. The van der Waals surface area contributed by atoms with Crippen LogP contribution in [0.2, 0.25) is 0 Å². The van der Waals surface area contributed by atoms with Gasteiger partial charge in [0, 0.05) is 31.3 Å². The maximum absolute atomic E-state index is 15.1. The zero-order valence-electron chi connectivity index (χ0n) is 26.6. The molecule has 2 atom stereocenters. The van der Waals surface area contributed by atoms with E-state index in [0.717, 1.165) is 77.8 Å². The van der Waals surface area contributed by atoms with Crippen molar-refractivity contribution in [3.05, 3.63) is 88.9 Å². The van der Waals surface area contributed by atoms with E-state index in [4.69, 9.17) is 5.11 Å². The normalized spacial score (nSPS) is 18.3. The van der Waals surface area contributed by atoms with Crippen molar-refractivity contribution in [1.82, 2.24) is 30.1 Å². The Morgan fingerprint density at radius 1 is 1.09 bits per heavy atom. The predicted octanol–water partition coefficient (Wildman–Crippen LogP) is 5.53. The second-order valence-corrected chi connectivity index (χ2v) is 12.8. The smallest absolute Gasteiger partial charge is 0.404 e. The lowest BCUT2D eigenvalue weighted by Gasteiger charge is -2.33. The molecule has 4 heterocycles. The van der Waals surface area contributed by atoms with Gasteiger partial charge in [0.1, 0.15) is 12.5 Å². The van der Waals surface area contributed by atoms with Gasteiger partial charge < -0.3 is 15.3 Å². The number of carboxylic acid groups (broad SMARTS) is 1. The molecule has 2 aliphatic rings. The number of carbonyl (C=O) groups excluding carboxylic acids is 2. The Balaban J connectivity index is 0.965. The molecule has 0 saturated carbocycles. The fourth-order valence-corrected chi connectivity index (χ4v) is 6.91. The fraction of sp³-hybridized carbons (Fsp3) is 0.417. The average molecular weight is 641 g/mol. The number of imide groups is 1. The van der Waals surface area contributed by atoms with Gasteiger partial charge in [0.15, 0.2) is 0 Å². The number of fused-ring (bicyclic) bond motifs is 1. The summed E-state index contributed by atoms with van der Waals surface area (Å²) in [6.45, 7) is 4.37. The highest BCUT2D eigenvalue weighted by Crippen LogP contribution is 2.31. The number of hydrogen-bond acceptors (Lipinski definition) is 6. The van der Waals surface area contributed by atoms with Crippen molar-refractivity contribution in [3.63, 3.8) is 0 Å². The molecule has 4 aromatic rings. The van der Waals surface area contributed by atoms with Crippen LogP contribution in [0, 0.1) is 6.92 Å². The molecular weight excluding hydrogens is 599 g/mol. The Hall–Kier alpha value is -4.64. The van der Waals surface area contributed by atoms with Gasteiger partial charge in [-0.2, -0.15) is 5.10 Å². The van der Waals surface area contributed by atoms with Crippen LogP contribution in [-0.2, 0) is 22.6 Å². The maximum Gasteiger partial charge on any atom is 0.404 e. The van der Waals surface area contributed by atoms with Gasteiger partial charge in [-0.3, -0.25) is 14.9 Å².